The third-order valence-electron chi connectivity index (χ3n) is 5.21. The number of hydrogen-bond donors (Lipinski definition) is 1. The monoisotopic (exact) mass is 374 g/mol. The van der Waals surface area contributed by atoms with Gasteiger partial charge in [-0.05, 0) is 48.9 Å². The van der Waals surface area contributed by atoms with E-state index in [1.165, 1.54) is 38.0 Å². The van der Waals surface area contributed by atoms with Gasteiger partial charge in [-0.1, -0.05) is 19.9 Å². The van der Waals surface area contributed by atoms with Crippen LogP contribution in [0, 0.1) is 11.8 Å². The Balaban J connectivity index is 1.49. The molecule has 0 aliphatic carbocycles. The van der Waals surface area contributed by atoms with Gasteiger partial charge in [0.15, 0.2) is 17.5 Å². The summed E-state index contributed by atoms with van der Waals surface area (Å²) in [6.45, 7) is 10.3. The molecule has 0 amide bonds. The molecule has 1 N–H and O–H groups in total. The molecule has 0 radical (unpaired) electrons. The summed E-state index contributed by atoms with van der Waals surface area (Å²) in [4.78, 5) is 9.24. The first-order chi connectivity index (χ1) is 13.0. The Bertz CT molecular complexity index is 647. The van der Waals surface area contributed by atoms with Crippen LogP contribution in [0.25, 0.3) is 0 Å². The molecule has 1 unspecified atom stereocenters. The molecule has 0 spiro atoms. The molecule has 2 aliphatic rings. The minimum absolute atomic E-state index is 0.313. The predicted octanol–water partition coefficient (Wildman–Crippen LogP) is 2.79. The summed E-state index contributed by atoms with van der Waals surface area (Å²) in [5.41, 5.74) is 1.19. The van der Waals surface area contributed by atoms with Gasteiger partial charge in [-0.2, -0.15) is 0 Å². The summed E-state index contributed by atoms with van der Waals surface area (Å²) in [5.74, 6) is 4.02. The molecule has 1 fully saturated rings. The molecule has 0 saturated carbocycles. The number of ether oxygens (including phenoxy) is 2. The average molecular weight is 375 g/mol. The maximum Gasteiger partial charge on any atom is 0.231 e. The van der Waals surface area contributed by atoms with Crippen LogP contribution in [0.15, 0.2) is 23.2 Å². The van der Waals surface area contributed by atoms with Gasteiger partial charge >= 0.3 is 0 Å². The van der Waals surface area contributed by atoms with E-state index in [2.05, 4.69) is 53.1 Å². The zero-order valence-electron chi connectivity index (χ0n) is 17.2. The summed E-state index contributed by atoms with van der Waals surface area (Å²) >= 11 is 0. The molecule has 27 heavy (non-hydrogen) atoms. The SMILES string of the molecule is CN=C(NCC1CCCN(CC(C)C)C1)N(C)Cc1ccc2c(c1)OCO2. The van der Waals surface area contributed by atoms with Crippen LogP contribution in [-0.2, 0) is 6.54 Å². The van der Waals surface area contributed by atoms with Crippen molar-refractivity contribution < 1.29 is 9.47 Å². The predicted molar refractivity (Wildman–Crippen MR) is 109 cm³/mol. The fraction of sp³-hybridized carbons (Fsp3) is 0.667. The number of nitrogens with one attached hydrogen (secondary N) is 1. The average Bonchev–Trinajstić information content (AvgIpc) is 3.10. The van der Waals surface area contributed by atoms with Crippen LogP contribution in [0.1, 0.15) is 32.3 Å². The van der Waals surface area contributed by atoms with E-state index < -0.39 is 0 Å². The molecule has 1 atom stereocenters. The van der Waals surface area contributed by atoms with Gasteiger partial charge in [0, 0.05) is 40.3 Å². The van der Waals surface area contributed by atoms with Gasteiger partial charge in [0.05, 0.1) is 0 Å². The van der Waals surface area contributed by atoms with Crippen molar-refractivity contribution in [2.75, 3.05) is 47.1 Å². The van der Waals surface area contributed by atoms with Gasteiger partial charge < -0.3 is 24.6 Å². The van der Waals surface area contributed by atoms with Crippen LogP contribution in [0.4, 0.5) is 0 Å². The maximum atomic E-state index is 5.48. The van der Waals surface area contributed by atoms with Crippen molar-refractivity contribution in [3.63, 3.8) is 0 Å². The Morgan fingerprint density at radius 1 is 1.33 bits per heavy atom. The summed E-state index contributed by atoms with van der Waals surface area (Å²) in [5, 5.41) is 3.58. The van der Waals surface area contributed by atoms with E-state index in [0.717, 1.165) is 36.5 Å². The molecular formula is C21H34N4O2. The second-order valence-corrected chi connectivity index (χ2v) is 8.13. The van der Waals surface area contributed by atoms with Gasteiger partial charge in [-0.3, -0.25) is 4.99 Å². The third kappa shape index (κ3) is 5.51. The second kappa shape index (κ2) is 9.31. The molecule has 3 rings (SSSR count). The van der Waals surface area contributed by atoms with Crippen LogP contribution >= 0.6 is 0 Å². The Labute approximate surface area is 163 Å². The lowest BCUT2D eigenvalue weighted by Gasteiger charge is -2.34. The normalized spacial score (nSPS) is 20.2. The van der Waals surface area contributed by atoms with E-state index in [1.807, 2.05) is 13.1 Å². The quantitative estimate of drug-likeness (QED) is 0.613. The maximum absolute atomic E-state index is 5.48. The highest BCUT2D eigenvalue weighted by Gasteiger charge is 2.21. The molecule has 6 heteroatoms. The first-order valence-electron chi connectivity index (χ1n) is 10.1. The molecule has 2 aliphatic heterocycles. The van der Waals surface area contributed by atoms with Gasteiger partial charge in [-0.15, -0.1) is 0 Å². The Morgan fingerprint density at radius 2 is 2.15 bits per heavy atom. The fourth-order valence-corrected chi connectivity index (χ4v) is 4.01. The molecule has 1 aromatic carbocycles. The number of benzene rings is 1. The van der Waals surface area contributed by atoms with Gasteiger partial charge in [0.25, 0.3) is 0 Å². The number of piperidine rings is 1. The fourth-order valence-electron chi connectivity index (χ4n) is 4.01. The zero-order valence-corrected chi connectivity index (χ0v) is 17.2. The van der Waals surface area contributed by atoms with E-state index in [0.29, 0.717) is 12.7 Å². The van der Waals surface area contributed by atoms with Crippen molar-refractivity contribution in [3.05, 3.63) is 23.8 Å². The molecule has 0 aromatic heterocycles. The summed E-state index contributed by atoms with van der Waals surface area (Å²) in [7, 11) is 3.93. The summed E-state index contributed by atoms with van der Waals surface area (Å²) in [6, 6.07) is 6.12. The minimum Gasteiger partial charge on any atom is -0.454 e. The number of aliphatic imine (C=N–C) groups is 1. The topological polar surface area (TPSA) is 49.3 Å². The lowest BCUT2D eigenvalue weighted by atomic mass is 9.97. The van der Waals surface area contributed by atoms with Crippen LogP contribution in [0.3, 0.4) is 0 Å². The Morgan fingerprint density at radius 3 is 2.93 bits per heavy atom. The number of likely N-dealkylation sites (tertiary alicyclic amines) is 1. The largest absolute Gasteiger partial charge is 0.454 e. The van der Waals surface area contributed by atoms with Crippen LogP contribution in [-0.4, -0.2) is 62.8 Å². The number of rotatable bonds is 6. The molecule has 2 heterocycles. The highest BCUT2D eigenvalue weighted by Crippen LogP contribution is 2.32. The van der Waals surface area contributed by atoms with Crippen LogP contribution in [0.2, 0.25) is 0 Å². The number of nitrogens with zero attached hydrogens (tertiary/aromatic N) is 3. The first-order valence-corrected chi connectivity index (χ1v) is 10.1. The van der Waals surface area contributed by atoms with Crippen molar-refractivity contribution in [1.29, 1.82) is 0 Å². The van der Waals surface area contributed by atoms with E-state index >= 15 is 0 Å². The minimum atomic E-state index is 0.313. The highest BCUT2D eigenvalue weighted by atomic mass is 16.7. The number of hydrogen-bond acceptors (Lipinski definition) is 4. The van der Waals surface area contributed by atoms with Crippen molar-refractivity contribution in [3.8, 4) is 11.5 Å². The van der Waals surface area contributed by atoms with Gasteiger partial charge in [0.2, 0.25) is 6.79 Å². The highest BCUT2D eigenvalue weighted by molar-refractivity contribution is 5.79. The van der Waals surface area contributed by atoms with Gasteiger partial charge in [-0.25, -0.2) is 0 Å². The zero-order chi connectivity index (χ0) is 19.2. The molecule has 150 valence electrons. The van der Waals surface area contributed by atoms with E-state index in [9.17, 15) is 0 Å². The van der Waals surface area contributed by atoms with Crippen molar-refractivity contribution in [2.24, 2.45) is 16.8 Å². The standard InChI is InChI=1S/C21H34N4O2/c1-16(2)12-25-9-5-6-18(14-25)11-23-21(22-3)24(4)13-17-7-8-19-20(10-17)27-15-26-19/h7-8,10,16,18H,5-6,9,11-15H2,1-4H3,(H,22,23). The van der Waals surface area contributed by atoms with E-state index in [4.69, 9.17) is 9.47 Å². The lowest BCUT2D eigenvalue weighted by Crippen LogP contribution is -2.45. The molecule has 6 nitrogen and oxygen atoms in total. The Hall–Kier alpha value is -1.95. The van der Waals surface area contributed by atoms with Gasteiger partial charge in [0.1, 0.15) is 0 Å². The molecule has 1 aromatic rings. The third-order valence-corrected chi connectivity index (χ3v) is 5.21. The van der Waals surface area contributed by atoms with E-state index in [1.54, 1.807) is 0 Å². The Kier molecular flexibility index (Phi) is 6.83. The number of fused-ring (bicyclic) bond motifs is 1. The molecular weight excluding hydrogens is 340 g/mol. The first kappa shape index (κ1) is 19.8. The molecule has 0 bridgehead atoms. The van der Waals surface area contributed by atoms with Crippen molar-refractivity contribution in [2.45, 2.75) is 33.2 Å². The smallest absolute Gasteiger partial charge is 0.231 e. The van der Waals surface area contributed by atoms with E-state index in [-0.39, 0.29) is 0 Å². The number of guanidine groups is 1. The second-order valence-electron chi connectivity index (χ2n) is 8.13. The van der Waals surface area contributed by atoms with Crippen molar-refractivity contribution in [1.82, 2.24) is 15.1 Å². The lowest BCUT2D eigenvalue weighted by molar-refractivity contribution is 0.159. The van der Waals surface area contributed by atoms with Crippen LogP contribution in [0.5, 0.6) is 11.5 Å². The summed E-state index contributed by atoms with van der Waals surface area (Å²) < 4.78 is 10.9. The summed E-state index contributed by atoms with van der Waals surface area (Å²) in [6.07, 6.45) is 2.59. The molecule has 1 saturated heterocycles. The van der Waals surface area contributed by atoms with Crippen LogP contribution < -0.4 is 14.8 Å². The van der Waals surface area contributed by atoms with Crippen molar-refractivity contribution >= 4 is 5.96 Å².